The van der Waals surface area contributed by atoms with Crippen LogP contribution in [0.4, 0.5) is 24.7 Å². The van der Waals surface area contributed by atoms with Crippen molar-refractivity contribution in [3.05, 3.63) is 78.0 Å². The number of alkyl halides is 3. The number of nitrogens with one attached hydrogen (secondary N) is 1. The fourth-order valence-corrected chi connectivity index (χ4v) is 2.43. The first-order chi connectivity index (χ1) is 12.3. The van der Waals surface area contributed by atoms with Crippen molar-refractivity contribution >= 4 is 17.4 Å². The van der Waals surface area contributed by atoms with Gasteiger partial charge in [-0.1, -0.05) is 30.3 Å². The molecule has 3 aromatic rings. The Hall–Kier alpha value is -3.35. The summed E-state index contributed by atoms with van der Waals surface area (Å²) in [7, 11) is 0. The third-order valence-corrected chi connectivity index (χ3v) is 3.72. The van der Waals surface area contributed by atoms with Gasteiger partial charge in [0.2, 0.25) is 0 Å². The van der Waals surface area contributed by atoms with Gasteiger partial charge in [0, 0.05) is 5.56 Å². The normalized spacial score (nSPS) is 11.2. The number of nitrogen functional groups attached to an aromatic ring is 1. The van der Waals surface area contributed by atoms with E-state index in [2.05, 4.69) is 10.3 Å². The molecule has 7 heteroatoms. The van der Waals surface area contributed by atoms with Crippen LogP contribution < -0.4 is 11.1 Å². The lowest BCUT2D eigenvalue weighted by atomic mass is 9.98. The smallest absolute Gasteiger partial charge is 0.397 e. The number of hydrogen-bond donors (Lipinski definition) is 2. The van der Waals surface area contributed by atoms with Crippen molar-refractivity contribution in [2.75, 3.05) is 11.1 Å². The van der Waals surface area contributed by atoms with Crippen molar-refractivity contribution in [3.8, 4) is 11.1 Å². The molecule has 0 aliphatic rings. The number of nitrogens with two attached hydrogens (primary N) is 1. The van der Waals surface area contributed by atoms with Crippen LogP contribution in [0.1, 0.15) is 15.9 Å². The Morgan fingerprint density at radius 1 is 0.962 bits per heavy atom. The van der Waals surface area contributed by atoms with Crippen LogP contribution >= 0.6 is 0 Å². The SMILES string of the molecule is Nc1ccc(NC(=O)c2ccccc2-c2ccc(C(F)(F)F)cc2)nc1. The van der Waals surface area contributed by atoms with E-state index in [1.165, 1.54) is 18.3 Å². The summed E-state index contributed by atoms with van der Waals surface area (Å²) in [6.45, 7) is 0. The lowest BCUT2D eigenvalue weighted by molar-refractivity contribution is -0.137. The van der Waals surface area contributed by atoms with Crippen molar-refractivity contribution in [2.45, 2.75) is 6.18 Å². The average Bonchev–Trinajstić information content (AvgIpc) is 2.63. The molecule has 4 nitrogen and oxygen atoms in total. The van der Waals surface area contributed by atoms with Gasteiger partial charge in [-0.3, -0.25) is 4.79 Å². The summed E-state index contributed by atoms with van der Waals surface area (Å²) in [6, 6.07) is 14.5. The fraction of sp³-hybridized carbons (Fsp3) is 0.0526. The van der Waals surface area contributed by atoms with Crippen molar-refractivity contribution in [1.82, 2.24) is 4.98 Å². The molecule has 26 heavy (non-hydrogen) atoms. The number of carbonyl (C=O) groups excluding carboxylic acids is 1. The van der Waals surface area contributed by atoms with Gasteiger partial charge in [0.05, 0.1) is 17.4 Å². The molecule has 0 radical (unpaired) electrons. The molecule has 0 bridgehead atoms. The monoisotopic (exact) mass is 357 g/mol. The summed E-state index contributed by atoms with van der Waals surface area (Å²) in [5.74, 6) is -0.0933. The van der Waals surface area contributed by atoms with E-state index in [1.807, 2.05) is 0 Å². The summed E-state index contributed by atoms with van der Waals surface area (Å²) < 4.78 is 38.2. The third-order valence-electron chi connectivity index (χ3n) is 3.72. The summed E-state index contributed by atoms with van der Waals surface area (Å²) in [5.41, 5.74) is 6.64. The predicted octanol–water partition coefficient (Wildman–Crippen LogP) is 4.60. The van der Waals surface area contributed by atoms with Crippen LogP contribution in [-0.2, 0) is 6.18 Å². The maximum atomic E-state index is 12.7. The second kappa shape index (κ2) is 6.87. The lowest BCUT2D eigenvalue weighted by Crippen LogP contribution is -2.14. The van der Waals surface area contributed by atoms with E-state index in [1.54, 1.807) is 36.4 Å². The molecule has 0 fully saturated rings. The van der Waals surface area contributed by atoms with Crippen LogP contribution in [0, 0.1) is 0 Å². The van der Waals surface area contributed by atoms with E-state index < -0.39 is 17.6 Å². The van der Waals surface area contributed by atoms with Crippen LogP contribution in [0.5, 0.6) is 0 Å². The highest BCUT2D eigenvalue weighted by molar-refractivity contribution is 6.08. The number of hydrogen-bond acceptors (Lipinski definition) is 3. The van der Waals surface area contributed by atoms with Crippen LogP contribution in [0.25, 0.3) is 11.1 Å². The molecular formula is C19H14F3N3O. The summed E-state index contributed by atoms with van der Waals surface area (Å²) in [4.78, 5) is 16.6. The zero-order chi connectivity index (χ0) is 18.7. The van der Waals surface area contributed by atoms with Gasteiger partial charge in [-0.2, -0.15) is 13.2 Å². The van der Waals surface area contributed by atoms with Crippen LogP contribution in [0.3, 0.4) is 0 Å². The topological polar surface area (TPSA) is 68.0 Å². The van der Waals surface area contributed by atoms with Crippen LogP contribution in [0.2, 0.25) is 0 Å². The second-order valence-electron chi connectivity index (χ2n) is 5.55. The number of nitrogens with zero attached hydrogens (tertiary/aromatic N) is 1. The number of pyridine rings is 1. The van der Waals surface area contributed by atoms with Gasteiger partial charge in [-0.15, -0.1) is 0 Å². The fourth-order valence-electron chi connectivity index (χ4n) is 2.43. The summed E-state index contributed by atoms with van der Waals surface area (Å²) in [5, 5.41) is 2.65. The van der Waals surface area contributed by atoms with Crippen molar-refractivity contribution in [2.24, 2.45) is 0 Å². The summed E-state index contributed by atoms with van der Waals surface area (Å²) in [6.07, 6.45) is -2.99. The molecule has 0 saturated carbocycles. The van der Waals surface area contributed by atoms with E-state index >= 15 is 0 Å². The number of amides is 1. The van der Waals surface area contributed by atoms with Gasteiger partial charge >= 0.3 is 6.18 Å². The van der Waals surface area contributed by atoms with Crippen LogP contribution in [-0.4, -0.2) is 10.9 Å². The molecule has 3 rings (SSSR count). The zero-order valence-electron chi connectivity index (χ0n) is 13.4. The Balaban J connectivity index is 1.90. The quantitative estimate of drug-likeness (QED) is 0.720. The third kappa shape index (κ3) is 3.83. The minimum atomic E-state index is -4.41. The maximum absolute atomic E-state index is 12.7. The molecule has 0 aliphatic carbocycles. The van der Waals surface area contributed by atoms with Gasteiger partial charge in [-0.25, -0.2) is 4.98 Å². The molecule has 132 valence electrons. The van der Waals surface area contributed by atoms with E-state index in [4.69, 9.17) is 5.73 Å². The number of rotatable bonds is 3. The van der Waals surface area contributed by atoms with E-state index in [0.717, 1.165) is 12.1 Å². The Labute approximate surface area is 147 Å². The Bertz CT molecular complexity index is 920. The zero-order valence-corrected chi connectivity index (χ0v) is 13.4. The highest BCUT2D eigenvalue weighted by Crippen LogP contribution is 2.32. The lowest BCUT2D eigenvalue weighted by Gasteiger charge is -2.12. The molecular weight excluding hydrogens is 343 g/mol. The molecule has 1 aromatic heterocycles. The Kier molecular flexibility index (Phi) is 4.62. The number of carbonyl (C=O) groups is 1. The van der Waals surface area contributed by atoms with Gasteiger partial charge in [0.25, 0.3) is 5.91 Å². The molecule has 2 aromatic carbocycles. The molecule has 0 unspecified atom stereocenters. The number of aromatic nitrogens is 1. The van der Waals surface area contributed by atoms with Crippen LogP contribution in [0.15, 0.2) is 66.9 Å². The predicted molar refractivity (Wildman–Crippen MR) is 93.5 cm³/mol. The van der Waals surface area contributed by atoms with E-state index in [-0.39, 0.29) is 0 Å². The van der Waals surface area contributed by atoms with Gasteiger partial charge in [0.15, 0.2) is 0 Å². The van der Waals surface area contributed by atoms with E-state index in [0.29, 0.717) is 28.2 Å². The van der Waals surface area contributed by atoms with Gasteiger partial charge in [-0.05, 0) is 41.5 Å². The molecule has 0 atom stereocenters. The molecule has 0 spiro atoms. The number of anilines is 2. The maximum Gasteiger partial charge on any atom is 0.416 e. The molecule has 0 saturated heterocycles. The van der Waals surface area contributed by atoms with E-state index in [9.17, 15) is 18.0 Å². The first-order valence-electron chi connectivity index (χ1n) is 7.64. The van der Waals surface area contributed by atoms with Crippen molar-refractivity contribution < 1.29 is 18.0 Å². The largest absolute Gasteiger partial charge is 0.416 e. The minimum Gasteiger partial charge on any atom is -0.397 e. The van der Waals surface area contributed by atoms with Gasteiger partial charge in [0.1, 0.15) is 5.82 Å². The highest BCUT2D eigenvalue weighted by atomic mass is 19.4. The van der Waals surface area contributed by atoms with Crippen molar-refractivity contribution in [3.63, 3.8) is 0 Å². The first kappa shape index (κ1) is 17.5. The second-order valence-corrected chi connectivity index (χ2v) is 5.55. The molecule has 0 aliphatic heterocycles. The van der Waals surface area contributed by atoms with Crippen molar-refractivity contribution in [1.29, 1.82) is 0 Å². The first-order valence-corrected chi connectivity index (χ1v) is 7.64. The standard InChI is InChI=1S/C19H14F3N3O/c20-19(21,22)13-7-5-12(6-8-13)15-3-1-2-4-16(15)18(26)25-17-10-9-14(23)11-24-17/h1-11H,23H2,(H,24,25,26). The number of halogens is 3. The number of benzene rings is 2. The molecule has 1 amide bonds. The molecule has 3 N–H and O–H groups in total. The Morgan fingerprint density at radius 2 is 1.65 bits per heavy atom. The Morgan fingerprint density at radius 3 is 2.27 bits per heavy atom. The highest BCUT2D eigenvalue weighted by Gasteiger charge is 2.30. The molecule has 1 heterocycles. The van der Waals surface area contributed by atoms with Gasteiger partial charge < -0.3 is 11.1 Å². The average molecular weight is 357 g/mol. The minimum absolute atomic E-state index is 0.325. The summed E-state index contributed by atoms with van der Waals surface area (Å²) >= 11 is 0.